The van der Waals surface area contributed by atoms with Crippen molar-refractivity contribution in [3.8, 4) is 0 Å². The molecule has 0 fully saturated rings. The molecule has 0 unspecified atom stereocenters. The van der Waals surface area contributed by atoms with Crippen LogP contribution < -0.4 is 0 Å². The maximum atomic E-state index is 4.28. The quantitative estimate of drug-likeness (QED) is 0.271. The van der Waals surface area contributed by atoms with Crippen molar-refractivity contribution in [1.82, 2.24) is 0 Å². The van der Waals surface area contributed by atoms with Crippen LogP contribution in [0.2, 0.25) is 0 Å². The molecule has 0 nitrogen and oxygen atoms in total. The van der Waals surface area contributed by atoms with Gasteiger partial charge in [0, 0.05) is 192 Å². The first-order chi connectivity index (χ1) is 4.83. The normalized spacial score (nSPS) is 2.67. The Labute approximate surface area is 264 Å². The van der Waals surface area contributed by atoms with Crippen LogP contribution in [0, 0.1) is 27.7 Å². The average molecular weight is 1460 g/mol. The van der Waals surface area contributed by atoms with Crippen LogP contribution in [0.5, 0.6) is 0 Å². The second kappa shape index (κ2) is 156. The molecular formula is C8H18S2W6Y2-6. The maximum Gasteiger partial charge on any atom is 0 e. The van der Waals surface area contributed by atoms with E-state index >= 15 is 0 Å². The van der Waals surface area contributed by atoms with Crippen LogP contribution in [0.25, 0.3) is 0 Å². The first kappa shape index (κ1) is 85.1. The van der Waals surface area contributed by atoms with Crippen LogP contribution in [-0.4, -0.2) is 11.5 Å². The van der Waals surface area contributed by atoms with Crippen LogP contribution in [0.15, 0.2) is 0 Å². The molecule has 0 saturated carbocycles. The van der Waals surface area contributed by atoms with E-state index in [2.05, 4.69) is 53.0 Å². The Morgan fingerprint density at radius 1 is 0.556 bits per heavy atom. The Morgan fingerprint density at radius 3 is 0.556 bits per heavy atom. The smallest absolute Gasteiger partial charge is 0 e. The van der Waals surface area contributed by atoms with Crippen molar-refractivity contribution in [2.45, 2.75) is 13.8 Å². The molecule has 10 heteroatoms. The third-order valence-electron chi connectivity index (χ3n) is 0. The standard InChI is InChI=1S/2C2H5S.2C2H5.6W.2Y/c2*1-2-3;2*1-2;;;;;;;;/h2*3H,1-2H2;2*1H2,2H3;;;;;;;;/q4*-1;;;;;;;;/p-2. The second-order valence-electron chi connectivity index (χ2n) is 0.408. The molecule has 0 aliphatic carbocycles. The topological polar surface area (TPSA) is 0 Å². The van der Waals surface area contributed by atoms with E-state index < -0.39 is 0 Å². The van der Waals surface area contributed by atoms with Crippen LogP contribution in [0.4, 0.5) is 0 Å². The molecule has 0 saturated heterocycles. The van der Waals surface area contributed by atoms with Gasteiger partial charge < -0.3 is 64.5 Å². The maximum absolute atomic E-state index is 4.28. The molecule has 18 heavy (non-hydrogen) atoms. The molecule has 0 rings (SSSR count). The van der Waals surface area contributed by atoms with E-state index in [1.807, 2.05) is 0 Å². The van der Waals surface area contributed by atoms with Gasteiger partial charge in [-0.25, -0.2) is 0 Å². The Hall–Kier alpha value is 7.04. The van der Waals surface area contributed by atoms with E-state index in [1.54, 1.807) is 13.8 Å². The molecule has 110 valence electrons. The summed E-state index contributed by atoms with van der Waals surface area (Å²) in [6.45, 7) is 16.6. The number of hydrogen-bond acceptors (Lipinski definition) is 2. The van der Waals surface area contributed by atoms with Gasteiger partial charge >= 0.3 is 0 Å². The van der Waals surface area contributed by atoms with E-state index in [0.29, 0.717) is 11.5 Å². The van der Waals surface area contributed by atoms with Gasteiger partial charge in [-0.05, 0) is 0 Å². The first-order valence-corrected chi connectivity index (χ1v) is 4.15. The summed E-state index contributed by atoms with van der Waals surface area (Å²) in [5.74, 6) is 1.17. The van der Waals surface area contributed by atoms with Gasteiger partial charge in [0.25, 0.3) is 0 Å². The Morgan fingerprint density at radius 2 is 0.556 bits per heavy atom. The first-order valence-electron chi connectivity index (χ1n) is 2.99. The molecule has 0 bridgehead atoms. The molecular weight excluding hydrogens is 1440 g/mol. The number of hydrogen-bond donors (Lipinski definition) is 0. The average Bonchev–Trinajstić information content (AvgIpc) is 1.99. The van der Waals surface area contributed by atoms with Crippen molar-refractivity contribution in [3.63, 3.8) is 0 Å². The summed E-state index contributed by atoms with van der Waals surface area (Å²) >= 11 is 8.56. The molecule has 0 aromatic carbocycles. The fraction of sp³-hybridized carbons (Fsp3) is 0.500. The molecule has 2 radical (unpaired) electrons. The Bertz CT molecular complexity index is 33.5. The van der Waals surface area contributed by atoms with E-state index in [4.69, 9.17) is 0 Å². The van der Waals surface area contributed by atoms with E-state index in [0.717, 1.165) is 0 Å². The summed E-state index contributed by atoms with van der Waals surface area (Å²) in [4.78, 5) is 0. The molecule has 0 aromatic heterocycles. The van der Waals surface area contributed by atoms with E-state index in [-0.39, 0.29) is 192 Å². The summed E-state index contributed by atoms with van der Waals surface area (Å²) in [5, 5.41) is 0. The van der Waals surface area contributed by atoms with Crippen molar-refractivity contribution in [3.05, 3.63) is 27.7 Å². The minimum absolute atomic E-state index is 0. The number of rotatable bonds is 0. The second-order valence-corrected chi connectivity index (χ2v) is 1.22. The van der Waals surface area contributed by atoms with Crippen LogP contribution in [0.1, 0.15) is 13.8 Å². The van der Waals surface area contributed by atoms with Gasteiger partial charge in [-0.1, -0.05) is 0 Å². The van der Waals surface area contributed by atoms with Gasteiger partial charge in [-0.15, -0.1) is 0 Å². The van der Waals surface area contributed by atoms with Crippen molar-refractivity contribution in [2.75, 3.05) is 11.5 Å². The monoisotopic (exact) mass is 1460 g/mol. The third kappa shape index (κ3) is 226. The zero-order valence-corrected chi connectivity index (χ0v) is 35.6. The summed E-state index contributed by atoms with van der Waals surface area (Å²) in [6, 6.07) is 0. The van der Waals surface area contributed by atoms with Crippen molar-refractivity contribution in [1.29, 1.82) is 0 Å². The molecule has 0 heterocycles. The van der Waals surface area contributed by atoms with Crippen LogP contribution in [-0.2, 0) is 217 Å². The fourth-order valence-electron chi connectivity index (χ4n) is 0. The molecule has 0 aliphatic rings. The molecule has 0 amide bonds. The summed E-state index contributed by atoms with van der Waals surface area (Å²) in [7, 11) is 0. The van der Waals surface area contributed by atoms with Crippen molar-refractivity contribution in [2.24, 2.45) is 0 Å². The predicted molar refractivity (Wildman–Crippen MR) is 57.2 cm³/mol. The molecule has 0 aliphatic heterocycles. The predicted octanol–water partition coefficient (Wildman–Crippen LogP) is 2.40. The summed E-state index contributed by atoms with van der Waals surface area (Å²) in [5.41, 5.74) is 0. The molecule has 0 aromatic rings. The van der Waals surface area contributed by atoms with Crippen molar-refractivity contribution < 1.29 is 192 Å². The zero-order valence-electron chi connectivity index (χ0n) is 10.7. The van der Waals surface area contributed by atoms with Crippen LogP contribution in [0.3, 0.4) is 0 Å². The molecule has 0 N–H and O–H groups in total. The summed E-state index contributed by atoms with van der Waals surface area (Å²) < 4.78 is 0. The third-order valence-corrected chi connectivity index (χ3v) is 0. The molecule has 0 atom stereocenters. The summed E-state index contributed by atoms with van der Waals surface area (Å²) in [6.07, 6.45) is 0. The van der Waals surface area contributed by atoms with Crippen molar-refractivity contribution >= 4 is 25.3 Å². The van der Waals surface area contributed by atoms with Gasteiger partial charge in [0.05, 0.1) is 0 Å². The Balaban J connectivity index is -0.00000000235. The largest absolute Gasteiger partial charge is 0.824 e. The van der Waals surface area contributed by atoms with Gasteiger partial charge in [-0.2, -0.15) is 13.8 Å². The van der Waals surface area contributed by atoms with E-state index in [9.17, 15) is 0 Å². The fourth-order valence-corrected chi connectivity index (χ4v) is 0. The van der Waals surface area contributed by atoms with Crippen LogP contribution >= 0.6 is 0 Å². The van der Waals surface area contributed by atoms with Gasteiger partial charge in [0.1, 0.15) is 0 Å². The van der Waals surface area contributed by atoms with Gasteiger partial charge in [0.2, 0.25) is 0 Å². The SMILES string of the molecule is [CH2-]C.[CH2-]C.[CH2-]C[S-].[CH2-]C[S-].[W].[W].[W].[W].[W].[W].[Y].[Y]. The minimum atomic E-state index is 0. The van der Waals surface area contributed by atoms with Gasteiger partial charge in [0.15, 0.2) is 0 Å². The minimum Gasteiger partial charge on any atom is -0.824 e. The van der Waals surface area contributed by atoms with E-state index in [1.165, 1.54) is 0 Å². The molecule has 0 spiro atoms. The zero-order chi connectivity index (χ0) is 9.41. The van der Waals surface area contributed by atoms with Gasteiger partial charge in [-0.3, -0.25) is 0 Å². The Kier molecular flexibility index (Phi) is 739.